The maximum absolute atomic E-state index is 12.8. The summed E-state index contributed by atoms with van der Waals surface area (Å²) in [6.45, 7) is 4.72. The molecule has 0 aromatic rings. The van der Waals surface area contributed by atoms with Crippen molar-refractivity contribution in [3.63, 3.8) is 0 Å². The molecule has 8 nitrogen and oxygen atoms in total. The minimum Gasteiger partial charge on any atom is -0.756 e. The van der Waals surface area contributed by atoms with Crippen molar-refractivity contribution in [1.29, 1.82) is 0 Å². The number of hydrogen-bond acceptors (Lipinski definition) is 6. The first kappa shape index (κ1) is 48.5. The summed E-state index contributed by atoms with van der Waals surface area (Å²) in [5, 5.41) is 13.9. The van der Waals surface area contributed by atoms with E-state index in [2.05, 4.69) is 19.2 Å². The van der Waals surface area contributed by atoms with Crippen LogP contribution in [0.25, 0.3) is 0 Å². The van der Waals surface area contributed by atoms with Crippen LogP contribution in [-0.2, 0) is 18.4 Å². The molecule has 0 heterocycles. The molecule has 0 aromatic heterocycles. The smallest absolute Gasteiger partial charge is 0.268 e. The monoisotopic (exact) mass is 719 g/mol. The molecule has 3 atom stereocenters. The number of hydrogen-bond donors (Lipinski definition) is 2. The Morgan fingerprint density at radius 3 is 1.39 bits per heavy atom. The van der Waals surface area contributed by atoms with Crippen LogP contribution in [0.2, 0.25) is 0 Å². The van der Waals surface area contributed by atoms with Crippen LogP contribution >= 0.6 is 7.82 Å². The van der Waals surface area contributed by atoms with E-state index in [9.17, 15) is 19.4 Å². The van der Waals surface area contributed by atoms with Crippen molar-refractivity contribution in [3.05, 3.63) is 0 Å². The zero-order chi connectivity index (χ0) is 36.5. The molecule has 0 saturated carbocycles. The number of unbranched alkanes of at least 4 members (excludes halogenated alkanes) is 25. The van der Waals surface area contributed by atoms with Gasteiger partial charge in [-0.05, 0) is 12.8 Å². The van der Waals surface area contributed by atoms with Gasteiger partial charge in [-0.3, -0.25) is 9.36 Å². The van der Waals surface area contributed by atoms with Gasteiger partial charge in [0.2, 0.25) is 5.91 Å². The van der Waals surface area contributed by atoms with Gasteiger partial charge in [0.25, 0.3) is 7.82 Å². The van der Waals surface area contributed by atoms with Gasteiger partial charge in [0.1, 0.15) is 13.2 Å². The fraction of sp³-hybridized carbons (Fsp3) is 0.975. The molecule has 0 aliphatic heterocycles. The molecule has 49 heavy (non-hydrogen) atoms. The summed E-state index contributed by atoms with van der Waals surface area (Å²) in [5.74, 6) is -0.165. The molecular formula is C40H83N2O6P. The number of rotatable bonds is 38. The van der Waals surface area contributed by atoms with E-state index in [-0.39, 0.29) is 19.1 Å². The lowest BCUT2D eigenvalue weighted by atomic mass is 10.0. The average Bonchev–Trinajstić information content (AvgIpc) is 3.04. The van der Waals surface area contributed by atoms with Crippen molar-refractivity contribution in [2.75, 3.05) is 40.9 Å². The maximum atomic E-state index is 12.8. The van der Waals surface area contributed by atoms with Crippen molar-refractivity contribution in [2.24, 2.45) is 0 Å². The molecular weight excluding hydrogens is 635 g/mol. The minimum atomic E-state index is -4.55. The molecule has 0 saturated heterocycles. The van der Waals surface area contributed by atoms with Gasteiger partial charge in [-0.1, -0.05) is 181 Å². The second-order valence-corrected chi connectivity index (χ2v) is 17.1. The van der Waals surface area contributed by atoms with Crippen LogP contribution in [0.5, 0.6) is 0 Å². The van der Waals surface area contributed by atoms with Crippen LogP contribution in [0.15, 0.2) is 0 Å². The van der Waals surface area contributed by atoms with Gasteiger partial charge < -0.3 is 28.8 Å². The second-order valence-electron chi connectivity index (χ2n) is 15.7. The van der Waals surface area contributed by atoms with E-state index in [0.717, 1.165) is 38.5 Å². The SMILES string of the molecule is CCCCCCCCCCCCCCCCCC[C@@H](O)[C@H](COP(=O)([O-])OCC[N+](C)(C)C)NC(=O)CCCCCCCCCCCCC. The van der Waals surface area contributed by atoms with Gasteiger partial charge in [-0.15, -0.1) is 0 Å². The number of carbonyl (C=O) groups excluding carboxylic acids is 1. The van der Waals surface area contributed by atoms with Gasteiger partial charge in [0.05, 0.1) is 39.9 Å². The molecule has 0 aliphatic rings. The van der Waals surface area contributed by atoms with Gasteiger partial charge in [-0.2, -0.15) is 0 Å². The summed E-state index contributed by atoms with van der Waals surface area (Å²) in [7, 11) is 1.31. The fourth-order valence-corrected chi connectivity index (χ4v) is 6.94. The topological polar surface area (TPSA) is 108 Å². The van der Waals surface area contributed by atoms with Crippen LogP contribution in [0.1, 0.15) is 200 Å². The molecule has 0 fully saturated rings. The van der Waals surface area contributed by atoms with Gasteiger partial charge in [0, 0.05) is 6.42 Å². The summed E-state index contributed by atoms with van der Waals surface area (Å²) in [6, 6.07) is -0.791. The molecule has 0 radical (unpaired) electrons. The number of phosphoric acid groups is 1. The van der Waals surface area contributed by atoms with Crippen LogP contribution in [0.4, 0.5) is 0 Å². The number of likely N-dealkylation sites (N-methyl/N-ethyl adjacent to an activating group) is 1. The lowest BCUT2D eigenvalue weighted by Gasteiger charge is -2.30. The summed E-state index contributed by atoms with van der Waals surface area (Å²) >= 11 is 0. The van der Waals surface area contributed by atoms with E-state index in [1.165, 1.54) is 135 Å². The van der Waals surface area contributed by atoms with E-state index in [4.69, 9.17) is 9.05 Å². The number of amides is 1. The maximum Gasteiger partial charge on any atom is 0.268 e. The Labute approximate surface area is 304 Å². The Bertz CT molecular complexity index is 778. The Morgan fingerprint density at radius 1 is 0.633 bits per heavy atom. The van der Waals surface area contributed by atoms with Crippen molar-refractivity contribution in [3.8, 4) is 0 Å². The normalized spacial score (nSPS) is 14.5. The fourth-order valence-electron chi connectivity index (χ4n) is 6.22. The molecule has 0 rings (SSSR count). The van der Waals surface area contributed by atoms with Crippen LogP contribution in [-0.4, -0.2) is 68.5 Å². The van der Waals surface area contributed by atoms with Crippen LogP contribution in [0.3, 0.4) is 0 Å². The highest BCUT2D eigenvalue weighted by Gasteiger charge is 2.24. The Hall–Kier alpha value is -0.500. The van der Waals surface area contributed by atoms with Crippen molar-refractivity contribution in [1.82, 2.24) is 5.32 Å². The number of nitrogens with one attached hydrogen (secondary N) is 1. The van der Waals surface area contributed by atoms with Crippen LogP contribution < -0.4 is 10.2 Å². The Kier molecular flexibility index (Phi) is 33.0. The van der Waals surface area contributed by atoms with Gasteiger partial charge >= 0.3 is 0 Å². The largest absolute Gasteiger partial charge is 0.756 e. The number of aliphatic hydroxyl groups excluding tert-OH is 1. The molecule has 294 valence electrons. The molecule has 9 heteroatoms. The Balaban J connectivity index is 4.37. The predicted molar refractivity (Wildman–Crippen MR) is 206 cm³/mol. The van der Waals surface area contributed by atoms with Crippen molar-refractivity contribution >= 4 is 13.7 Å². The van der Waals surface area contributed by atoms with Gasteiger partial charge in [-0.25, -0.2) is 0 Å². The molecule has 0 aromatic carbocycles. The van der Waals surface area contributed by atoms with E-state index < -0.39 is 20.0 Å². The third kappa shape index (κ3) is 35.7. The summed E-state index contributed by atoms with van der Waals surface area (Å²) < 4.78 is 23.2. The highest BCUT2D eigenvalue weighted by atomic mass is 31.2. The zero-order valence-electron chi connectivity index (χ0n) is 33.2. The molecule has 1 amide bonds. The summed E-state index contributed by atoms with van der Waals surface area (Å²) in [6.07, 6.45) is 33.8. The van der Waals surface area contributed by atoms with E-state index in [1.807, 2.05) is 21.1 Å². The third-order valence-electron chi connectivity index (χ3n) is 9.60. The van der Waals surface area contributed by atoms with Crippen LogP contribution in [0, 0.1) is 0 Å². The first-order chi connectivity index (χ1) is 23.5. The van der Waals surface area contributed by atoms with E-state index >= 15 is 0 Å². The van der Waals surface area contributed by atoms with Crippen molar-refractivity contribution in [2.45, 2.75) is 212 Å². The number of nitrogens with zero attached hydrogens (tertiary/aromatic N) is 1. The number of carbonyl (C=O) groups is 1. The van der Waals surface area contributed by atoms with Crippen molar-refractivity contribution < 1.29 is 32.9 Å². The zero-order valence-corrected chi connectivity index (χ0v) is 34.1. The second kappa shape index (κ2) is 33.3. The quantitative estimate of drug-likeness (QED) is 0.0374. The average molecular weight is 719 g/mol. The number of quaternary nitrogens is 1. The number of phosphoric ester groups is 1. The Morgan fingerprint density at radius 2 is 1.00 bits per heavy atom. The lowest BCUT2D eigenvalue weighted by molar-refractivity contribution is -0.870. The molecule has 0 bridgehead atoms. The first-order valence-electron chi connectivity index (χ1n) is 20.9. The lowest BCUT2D eigenvalue weighted by Crippen LogP contribution is -2.46. The summed E-state index contributed by atoms with van der Waals surface area (Å²) in [4.78, 5) is 25.2. The highest BCUT2D eigenvalue weighted by Crippen LogP contribution is 2.38. The molecule has 0 spiro atoms. The highest BCUT2D eigenvalue weighted by molar-refractivity contribution is 7.45. The van der Waals surface area contributed by atoms with Gasteiger partial charge in [0.15, 0.2) is 0 Å². The third-order valence-corrected chi connectivity index (χ3v) is 10.6. The molecule has 1 unspecified atom stereocenters. The summed E-state index contributed by atoms with van der Waals surface area (Å²) in [5.41, 5.74) is 0. The van der Waals surface area contributed by atoms with E-state index in [1.54, 1.807) is 0 Å². The minimum absolute atomic E-state index is 0.0158. The first-order valence-corrected chi connectivity index (χ1v) is 22.3. The number of aliphatic hydroxyl groups is 1. The predicted octanol–water partition coefficient (Wildman–Crippen LogP) is 10.4. The standard InChI is InChI=1S/C40H83N2O6P/c1-6-8-10-12-14-16-18-19-20-21-22-24-25-27-29-31-33-39(43)38(37-48-49(45,46)47-36-35-42(3,4)5)41-40(44)34-32-30-28-26-23-17-15-13-11-9-7-2/h38-39,43H,6-37H2,1-5H3,(H-,41,44,45,46)/t38-,39+/m0/s1. The van der Waals surface area contributed by atoms with E-state index in [0.29, 0.717) is 23.9 Å². The molecule has 2 N–H and O–H groups in total. The molecule has 0 aliphatic carbocycles.